The van der Waals surface area contributed by atoms with Gasteiger partial charge in [0.2, 0.25) is 0 Å². The quantitative estimate of drug-likeness (QED) is 0.453. The zero-order chi connectivity index (χ0) is 14.6. The van der Waals surface area contributed by atoms with Crippen LogP contribution in [0.1, 0.15) is 32.6 Å². The van der Waals surface area contributed by atoms with Gasteiger partial charge in [-0.1, -0.05) is 74.8 Å². The third-order valence-electron chi connectivity index (χ3n) is 4.75. The van der Waals surface area contributed by atoms with Gasteiger partial charge in [0, 0.05) is 12.1 Å². The average molecular weight is 292 g/mol. The van der Waals surface area contributed by atoms with Crippen LogP contribution in [0.3, 0.4) is 0 Å². The molecule has 1 aliphatic heterocycles. The second-order valence-electron chi connectivity index (χ2n) is 6.51. The van der Waals surface area contributed by atoms with E-state index in [4.69, 9.17) is 4.74 Å². The third-order valence-corrected chi connectivity index (χ3v) is 8.94. The van der Waals surface area contributed by atoms with E-state index in [0.29, 0.717) is 17.7 Å². The predicted molar refractivity (Wildman–Crippen MR) is 87.2 cm³/mol. The monoisotopic (exact) mass is 292 g/mol. The summed E-state index contributed by atoms with van der Waals surface area (Å²) in [5.74, 6) is 0. The third kappa shape index (κ3) is 3.51. The second-order valence-corrected chi connectivity index (χ2v) is 11.3. The molecule has 0 bridgehead atoms. The predicted octanol–water partition coefficient (Wildman–Crippen LogP) is 3.31. The fourth-order valence-corrected chi connectivity index (χ4v) is 6.21. The molecule has 0 unspecified atom stereocenters. The molecular weight excluding hydrogens is 264 g/mol. The minimum atomic E-state index is -1.67. The first-order valence-electron chi connectivity index (χ1n) is 7.93. The van der Waals surface area contributed by atoms with Gasteiger partial charge in [-0.15, -0.1) is 0 Å². The van der Waals surface area contributed by atoms with Gasteiger partial charge in [0.15, 0.2) is 0 Å². The van der Waals surface area contributed by atoms with E-state index in [9.17, 15) is 5.11 Å². The van der Waals surface area contributed by atoms with Gasteiger partial charge in [-0.3, -0.25) is 0 Å². The van der Waals surface area contributed by atoms with Crippen molar-refractivity contribution < 1.29 is 9.84 Å². The van der Waals surface area contributed by atoms with E-state index in [2.05, 4.69) is 50.3 Å². The van der Waals surface area contributed by atoms with Crippen LogP contribution in [0.4, 0.5) is 0 Å². The Bertz CT molecular complexity index is 405. The summed E-state index contributed by atoms with van der Waals surface area (Å²) in [5, 5.41) is 11.3. The molecular formula is C17H28O2Si. The molecule has 3 atom stereocenters. The van der Waals surface area contributed by atoms with Crippen molar-refractivity contribution in [1.82, 2.24) is 0 Å². The molecule has 1 aromatic rings. The molecule has 20 heavy (non-hydrogen) atoms. The summed E-state index contributed by atoms with van der Waals surface area (Å²) in [6.45, 7) is 7.19. The van der Waals surface area contributed by atoms with Gasteiger partial charge in [0.05, 0.1) is 20.3 Å². The Morgan fingerprint density at radius 3 is 2.50 bits per heavy atom. The minimum absolute atomic E-state index is 0.253. The molecule has 2 nitrogen and oxygen atoms in total. The highest BCUT2D eigenvalue weighted by atomic mass is 28.3. The molecule has 3 heteroatoms. The van der Waals surface area contributed by atoms with Gasteiger partial charge in [-0.2, -0.15) is 0 Å². The van der Waals surface area contributed by atoms with E-state index in [1.54, 1.807) is 0 Å². The lowest BCUT2D eigenvalue weighted by atomic mass is 10.1. The summed E-state index contributed by atoms with van der Waals surface area (Å²) in [5.41, 5.74) is 0.316. The molecule has 1 heterocycles. The highest BCUT2D eigenvalue weighted by Crippen LogP contribution is 2.41. The van der Waals surface area contributed by atoms with Crippen molar-refractivity contribution >= 4 is 13.3 Å². The molecule has 1 aromatic carbocycles. The molecule has 0 saturated carbocycles. The Balaban J connectivity index is 1.99. The number of ether oxygens (including phenoxy) is 1. The number of epoxide rings is 1. The summed E-state index contributed by atoms with van der Waals surface area (Å²) in [6.07, 6.45) is 5.64. The van der Waals surface area contributed by atoms with Crippen LogP contribution < -0.4 is 5.19 Å². The van der Waals surface area contributed by atoms with Gasteiger partial charge < -0.3 is 9.84 Å². The number of unbranched alkanes of at least 4 members (excludes halogenated alkanes) is 2. The number of hydrogen-bond donors (Lipinski definition) is 1. The molecule has 0 spiro atoms. The average Bonchev–Trinajstić information content (AvgIpc) is 3.20. The summed E-state index contributed by atoms with van der Waals surface area (Å²) >= 11 is 0. The van der Waals surface area contributed by atoms with Crippen molar-refractivity contribution in [1.29, 1.82) is 0 Å². The lowest BCUT2D eigenvalue weighted by molar-refractivity contribution is 0.258. The van der Waals surface area contributed by atoms with Gasteiger partial charge in [-0.05, 0) is 6.42 Å². The van der Waals surface area contributed by atoms with E-state index >= 15 is 0 Å². The minimum Gasteiger partial charge on any atom is -0.396 e. The second kappa shape index (κ2) is 6.88. The largest absolute Gasteiger partial charge is 0.396 e. The summed E-state index contributed by atoms with van der Waals surface area (Å²) in [4.78, 5) is 0. The van der Waals surface area contributed by atoms with Crippen molar-refractivity contribution in [3.05, 3.63) is 30.3 Å². The Labute approximate surface area is 124 Å². The maximum atomic E-state index is 9.88. The van der Waals surface area contributed by atoms with Gasteiger partial charge in [0.1, 0.15) is 0 Å². The van der Waals surface area contributed by atoms with E-state index in [1.807, 2.05) is 0 Å². The molecule has 0 amide bonds. The van der Waals surface area contributed by atoms with E-state index in [0.717, 1.165) is 6.42 Å². The number of rotatable bonds is 8. The van der Waals surface area contributed by atoms with Crippen LogP contribution in [0.2, 0.25) is 18.6 Å². The van der Waals surface area contributed by atoms with Crippen molar-refractivity contribution in [3.63, 3.8) is 0 Å². The number of aliphatic hydroxyl groups is 1. The smallest absolute Gasteiger partial charge is 0.0890 e. The topological polar surface area (TPSA) is 32.8 Å². The van der Waals surface area contributed by atoms with Crippen molar-refractivity contribution in [2.75, 3.05) is 6.61 Å². The lowest BCUT2D eigenvalue weighted by Gasteiger charge is -2.31. The first-order valence-corrected chi connectivity index (χ1v) is 11.0. The maximum absolute atomic E-state index is 9.88. The molecule has 1 fully saturated rings. The van der Waals surface area contributed by atoms with E-state index in [-0.39, 0.29) is 6.61 Å². The highest BCUT2D eigenvalue weighted by Gasteiger charge is 2.50. The van der Waals surface area contributed by atoms with Crippen LogP contribution in [0.5, 0.6) is 0 Å². The number of aliphatic hydroxyl groups excluding tert-OH is 1. The molecule has 1 saturated heterocycles. The van der Waals surface area contributed by atoms with E-state index in [1.165, 1.54) is 24.4 Å². The lowest BCUT2D eigenvalue weighted by Crippen LogP contribution is -2.49. The zero-order valence-electron chi connectivity index (χ0n) is 13.0. The van der Waals surface area contributed by atoms with Crippen LogP contribution in [0, 0.1) is 0 Å². The van der Waals surface area contributed by atoms with Crippen LogP contribution in [-0.4, -0.2) is 32.0 Å². The fraction of sp³-hybridized carbons (Fsp3) is 0.647. The molecule has 0 aliphatic carbocycles. The highest BCUT2D eigenvalue weighted by molar-refractivity contribution is 6.91. The SMILES string of the molecule is CCCCC[C@H]1O[C@@H]1[C@H](CO)[Si](C)(C)c1ccccc1. The van der Waals surface area contributed by atoms with Crippen LogP contribution >= 0.6 is 0 Å². The summed E-state index contributed by atoms with van der Waals surface area (Å²) in [7, 11) is -1.67. The Morgan fingerprint density at radius 1 is 1.20 bits per heavy atom. The van der Waals surface area contributed by atoms with Crippen molar-refractivity contribution in [2.45, 2.75) is 63.5 Å². The standard InChI is InChI=1S/C17H28O2Si/c1-4-5-7-12-15-17(19-15)16(13-18)20(2,3)14-10-8-6-9-11-14/h6,8-11,15-18H,4-5,7,12-13H2,1-3H3/t15-,16+,17+/m1/s1. The van der Waals surface area contributed by atoms with E-state index < -0.39 is 8.07 Å². The van der Waals surface area contributed by atoms with Gasteiger partial charge in [0.25, 0.3) is 0 Å². The molecule has 0 radical (unpaired) electrons. The fourth-order valence-electron chi connectivity index (χ4n) is 3.16. The first-order chi connectivity index (χ1) is 9.61. The molecule has 1 N–H and O–H groups in total. The normalized spacial score (nSPS) is 23.6. The van der Waals surface area contributed by atoms with Crippen LogP contribution in [0.25, 0.3) is 0 Å². The Hall–Kier alpha value is -0.643. The van der Waals surface area contributed by atoms with Crippen LogP contribution in [-0.2, 0) is 4.74 Å². The van der Waals surface area contributed by atoms with Crippen molar-refractivity contribution in [3.8, 4) is 0 Å². The molecule has 0 aromatic heterocycles. The summed E-state index contributed by atoms with van der Waals surface area (Å²) < 4.78 is 5.90. The van der Waals surface area contributed by atoms with Crippen LogP contribution in [0.15, 0.2) is 30.3 Å². The number of benzene rings is 1. The Kier molecular flexibility index (Phi) is 5.41. The molecule has 1 aliphatic rings. The maximum Gasteiger partial charge on any atom is 0.0890 e. The number of hydrogen-bond acceptors (Lipinski definition) is 2. The first kappa shape index (κ1) is 15.7. The molecule has 2 rings (SSSR count). The summed E-state index contributed by atoms with van der Waals surface area (Å²) in [6, 6.07) is 10.7. The Morgan fingerprint density at radius 2 is 1.90 bits per heavy atom. The van der Waals surface area contributed by atoms with Gasteiger partial charge in [-0.25, -0.2) is 0 Å². The molecule has 112 valence electrons. The van der Waals surface area contributed by atoms with Crippen molar-refractivity contribution in [2.24, 2.45) is 0 Å². The van der Waals surface area contributed by atoms with Gasteiger partial charge >= 0.3 is 0 Å². The zero-order valence-corrected chi connectivity index (χ0v) is 14.0.